The summed E-state index contributed by atoms with van der Waals surface area (Å²) in [6.07, 6.45) is -2.13. The number of hydrogen-bond donors (Lipinski definition) is 2. The summed E-state index contributed by atoms with van der Waals surface area (Å²) in [5.74, 6) is -0.544. The predicted octanol–water partition coefficient (Wildman–Crippen LogP) is 4.57. The van der Waals surface area contributed by atoms with E-state index in [-0.39, 0.29) is 5.56 Å². The highest BCUT2D eigenvalue weighted by Gasteiger charge is 2.27. The lowest BCUT2D eigenvalue weighted by molar-refractivity contribution is 0.0665. The summed E-state index contributed by atoms with van der Waals surface area (Å²) in [6, 6.07) is 18.7. The van der Waals surface area contributed by atoms with Gasteiger partial charge in [0.1, 0.15) is 11.5 Å². The van der Waals surface area contributed by atoms with Crippen molar-refractivity contribution in [1.29, 1.82) is 0 Å². The molecule has 0 saturated carbocycles. The molecule has 1 atom stereocenters. The van der Waals surface area contributed by atoms with Crippen molar-refractivity contribution in [2.24, 2.45) is 0 Å². The summed E-state index contributed by atoms with van der Waals surface area (Å²) in [5.41, 5.74) is 1.12. The number of carbonyl (C=O) groups excluding carboxylic acids is 2. The van der Waals surface area contributed by atoms with Crippen LogP contribution in [0.3, 0.4) is 0 Å². The van der Waals surface area contributed by atoms with Gasteiger partial charge < -0.3 is 19.3 Å². The minimum Gasteiger partial charge on any atom is -0.497 e. The van der Waals surface area contributed by atoms with Crippen molar-refractivity contribution in [3.05, 3.63) is 89.5 Å². The summed E-state index contributed by atoms with van der Waals surface area (Å²) in [6.45, 7) is 0. The molecule has 8 heteroatoms. The number of hydrogen-bond acceptors (Lipinski definition) is 6. The van der Waals surface area contributed by atoms with Gasteiger partial charge in [-0.25, -0.2) is 9.59 Å². The smallest absolute Gasteiger partial charge is 0.412 e. The van der Waals surface area contributed by atoms with Gasteiger partial charge in [0.2, 0.25) is 5.78 Å². The number of nitrogens with one attached hydrogen (secondary N) is 1. The molecule has 3 aromatic rings. The van der Waals surface area contributed by atoms with Crippen molar-refractivity contribution in [3.8, 4) is 11.5 Å². The van der Waals surface area contributed by atoms with Gasteiger partial charge in [-0.2, -0.15) is 0 Å². The Bertz CT molecular complexity index is 1130. The molecule has 8 nitrogen and oxygen atoms in total. The standard InChI is InChI=1S/C24H21NO7/c1-30-19-7-3-5-16(13-19)21(26)22(17-6-4-8-20(14-17)31-2)32-24(29)25-18-11-9-15(10-12-18)23(27)28/h3-14,22H,1-2H3,(H,25,29)(H,27,28). The number of carbonyl (C=O) groups is 3. The third-order valence-electron chi connectivity index (χ3n) is 4.59. The fourth-order valence-electron chi connectivity index (χ4n) is 2.96. The molecule has 32 heavy (non-hydrogen) atoms. The van der Waals surface area contributed by atoms with E-state index in [1.807, 2.05) is 0 Å². The number of anilines is 1. The molecule has 3 rings (SSSR count). The number of aromatic carboxylic acids is 1. The second kappa shape index (κ2) is 10.1. The van der Waals surface area contributed by atoms with Crippen molar-refractivity contribution in [2.45, 2.75) is 6.10 Å². The second-order valence-electron chi connectivity index (χ2n) is 6.67. The summed E-state index contributed by atoms with van der Waals surface area (Å²) in [7, 11) is 2.98. The molecule has 0 aromatic heterocycles. The molecule has 164 valence electrons. The Kier molecular flexibility index (Phi) is 7.07. The molecule has 0 aliphatic heterocycles. The Hall–Kier alpha value is -4.33. The Morgan fingerprint density at radius 3 is 2.06 bits per heavy atom. The fourth-order valence-corrected chi connectivity index (χ4v) is 2.96. The number of amides is 1. The number of ether oxygens (including phenoxy) is 3. The molecule has 1 amide bonds. The van der Waals surface area contributed by atoms with Gasteiger partial charge in [0, 0.05) is 16.8 Å². The minimum atomic E-state index is -1.25. The maximum Gasteiger partial charge on any atom is 0.412 e. The molecule has 0 bridgehead atoms. The Morgan fingerprint density at radius 2 is 1.44 bits per heavy atom. The number of rotatable bonds is 8. The summed E-state index contributed by atoms with van der Waals surface area (Å²) < 4.78 is 15.9. The van der Waals surface area contributed by atoms with Gasteiger partial charge in [0.15, 0.2) is 6.10 Å². The Morgan fingerprint density at radius 1 is 0.812 bits per heavy atom. The number of carboxylic acid groups (broad SMARTS) is 1. The molecule has 0 heterocycles. The van der Waals surface area contributed by atoms with Gasteiger partial charge in [-0.05, 0) is 48.5 Å². The molecular weight excluding hydrogens is 414 g/mol. The van der Waals surface area contributed by atoms with E-state index in [4.69, 9.17) is 19.3 Å². The lowest BCUT2D eigenvalue weighted by atomic mass is 9.99. The first-order valence-electron chi connectivity index (χ1n) is 9.54. The van der Waals surface area contributed by atoms with Crippen molar-refractivity contribution in [3.63, 3.8) is 0 Å². The highest BCUT2D eigenvalue weighted by Crippen LogP contribution is 2.27. The van der Waals surface area contributed by atoms with Gasteiger partial charge in [-0.3, -0.25) is 10.1 Å². The predicted molar refractivity (Wildman–Crippen MR) is 117 cm³/mol. The third kappa shape index (κ3) is 5.42. The monoisotopic (exact) mass is 435 g/mol. The number of methoxy groups -OCH3 is 2. The zero-order valence-corrected chi connectivity index (χ0v) is 17.4. The SMILES string of the molecule is COc1cccc(C(=O)C(OC(=O)Nc2ccc(C(=O)O)cc2)c2cccc(OC)c2)c1. The van der Waals surface area contributed by atoms with Crippen LogP contribution in [0, 0.1) is 0 Å². The third-order valence-corrected chi connectivity index (χ3v) is 4.59. The lowest BCUT2D eigenvalue weighted by Crippen LogP contribution is -2.23. The van der Waals surface area contributed by atoms with E-state index in [1.54, 1.807) is 48.5 Å². The van der Waals surface area contributed by atoms with Crippen LogP contribution >= 0.6 is 0 Å². The average molecular weight is 435 g/mol. The molecule has 0 spiro atoms. The van der Waals surface area contributed by atoms with Gasteiger partial charge in [0.25, 0.3) is 0 Å². The van der Waals surface area contributed by atoms with Crippen LogP contribution in [0.25, 0.3) is 0 Å². The van der Waals surface area contributed by atoms with Crippen molar-refractivity contribution >= 4 is 23.5 Å². The van der Waals surface area contributed by atoms with Crippen molar-refractivity contribution < 1.29 is 33.7 Å². The normalized spacial score (nSPS) is 11.2. The maximum atomic E-state index is 13.3. The lowest BCUT2D eigenvalue weighted by Gasteiger charge is -2.19. The van der Waals surface area contributed by atoms with Crippen LogP contribution in [0.4, 0.5) is 10.5 Å². The average Bonchev–Trinajstić information content (AvgIpc) is 2.82. The van der Waals surface area contributed by atoms with Crippen LogP contribution in [-0.4, -0.2) is 37.2 Å². The van der Waals surface area contributed by atoms with E-state index in [0.717, 1.165) is 0 Å². The zero-order chi connectivity index (χ0) is 23.1. The van der Waals surface area contributed by atoms with E-state index in [9.17, 15) is 14.4 Å². The first-order valence-corrected chi connectivity index (χ1v) is 9.54. The van der Waals surface area contributed by atoms with E-state index in [2.05, 4.69) is 5.32 Å². The van der Waals surface area contributed by atoms with E-state index < -0.39 is 23.9 Å². The van der Waals surface area contributed by atoms with Crippen LogP contribution in [0.15, 0.2) is 72.8 Å². The number of ketones is 1. The Labute approximate surface area is 184 Å². The first kappa shape index (κ1) is 22.4. The van der Waals surface area contributed by atoms with Crippen LogP contribution < -0.4 is 14.8 Å². The molecule has 0 aliphatic rings. The number of Topliss-reactive ketones (excluding diaryl/α,β-unsaturated/α-hetero) is 1. The first-order chi connectivity index (χ1) is 15.4. The summed E-state index contributed by atoms with van der Waals surface area (Å²) in [5, 5.41) is 11.5. The highest BCUT2D eigenvalue weighted by atomic mass is 16.6. The zero-order valence-electron chi connectivity index (χ0n) is 17.4. The quantitative estimate of drug-likeness (QED) is 0.498. The van der Waals surface area contributed by atoms with Gasteiger partial charge >= 0.3 is 12.1 Å². The summed E-state index contributed by atoms with van der Waals surface area (Å²) in [4.78, 5) is 36.8. The fraction of sp³-hybridized carbons (Fsp3) is 0.125. The molecule has 3 aromatic carbocycles. The van der Waals surface area contributed by atoms with Gasteiger partial charge in [-0.15, -0.1) is 0 Å². The molecular formula is C24H21NO7. The van der Waals surface area contributed by atoms with E-state index >= 15 is 0 Å². The second-order valence-corrected chi connectivity index (χ2v) is 6.67. The van der Waals surface area contributed by atoms with Crippen LogP contribution in [-0.2, 0) is 4.74 Å². The summed E-state index contributed by atoms with van der Waals surface area (Å²) >= 11 is 0. The number of carboxylic acids is 1. The van der Waals surface area contributed by atoms with E-state index in [1.165, 1.54) is 38.5 Å². The van der Waals surface area contributed by atoms with Crippen LogP contribution in [0.5, 0.6) is 11.5 Å². The molecule has 0 aliphatic carbocycles. The maximum absolute atomic E-state index is 13.3. The number of benzene rings is 3. The molecule has 2 N–H and O–H groups in total. The highest BCUT2D eigenvalue weighted by molar-refractivity contribution is 6.02. The van der Waals surface area contributed by atoms with Crippen molar-refractivity contribution in [1.82, 2.24) is 0 Å². The molecule has 0 radical (unpaired) electrons. The molecule has 0 saturated heterocycles. The topological polar surface area (TPSA) is 111 Å². The van der Waals surface area contributed by atoms with Gasteiger partial charge in [0.05, 0.1) is 19.8 Å². The van der Waals surface area contributed by atoms with Crippen LogP contribution in [0.2, 0.25) is 0 Å². The minimum absolute atomic E-state index is 0.0753. The molecule has 1 unspecified atom stereocenters. The van der Waals surface area contributed by atoms with E-state index in [0.29, 0.717) is 28.3 Å². The largest absolute Gasteiger partial charge is 0.497 e. The van der Waals surface area contributed by atoms with Crippen molar-refractivity contribution in [2.75, 3.05) is 19.5 Å². The van der Waals surface area contributed by atoms with Gasteiger partial charge in [-0.1, -0.05) is 24.3 Å². The molecule has 0 fully saturated rings. The van der Waals surface area contributed by atoms with Crippen LogP contribution in [0.1, 0.15) is 32.4 Å². The Balaban J connectivity index is 1.86.